The number of nitrogens with one attached hydrogen (secondary N) is 1. The van der Waals surface area contributed by atoms with Gasteiger partial charge in [0.2, 0.25) is 0 Å². The van der Waals surface area contributed by atoms with Crippen molar-refractivity contribution < 1.29 is 19.4 Å². The topological polar surface area (TPSA) is 80.2 Å². The van der Waals surface area contributed by atoms with E-state index in [2.05, 4.69) is 22.7 Å². The van der Waals surface area contributed by atoms with Crippen LogP contribution in [0.1, 0.15) is 28.4 Å². The Labute approximate surface area is 192 Å². The van der Waals surface area contributed by atoms with E-state index in [4.69, 9.17) is 9.47 Å². The number of hydrazone groups is 1. The minimum absolute atomic E-state index is 0.0581. The van der Waals surface area contributed by atoms with Crippen LogP contribution in [0.3, 0.4) is 0 Å². The monoisotopic (exact) mass is 440 g/mol. The molecule has 4 rings (SSSR count). The first-order valence-corrected chi connectivity index (χ1v) is 10.6. The minimum atomic E-state index is -0.322. The maximum Gasteiger partial charge on any atom is 0.271 e. The number of carbonyl (C=O) groups excluding carboxylic acids is 1. The van der Waals surface area contributed by atoms with Gasteiger partial charge in [0.25, 0.3) is 5.91 Å². The van der Waals surface area contributed by atoms with Crippen LogP contribution in [-0.4, -0.2) is 23.8 Å². The van der Waals surface area contributed by atoms with Crippen LogP contribution >= 0.6 is 0 Å². The molecule has 0 saturated carbocycles. The number of hydrogen-bond acceptors (Lipinski definition) is 5. The molecular formula is C27H24N2O4. The number of fused-ring (bicyclic) bond motifs is 1. The fraction of sp³-hybridized carbons (Fsp3) is 0.111. The summed E-state index contributed by atoms with van der Waals surface area (Å²) < 4.78 is 11.2. The van der Waals surface area contributed by atoms with Gasteiger partial charge in [-0.1, -0.05) is 42.5 Å². The van der Waals surface area contributed by atoms with Crippen LogP contribution in [0.25, 0.3) is 10.8 Å². The lowest BCUT2D eigenvalue weighted by molar-refractivity contribution is 0.0955. The molecule has 4 aromatic rings. The standard InChI is InChI=1S/C27H24N2O4/c1-2-32-26-15-20(9-14-25(26)30)17-28-29-27(31)22-10-7-19(8-11-22)18-33-24-13-12-21-5-3-4-6-23(21)16-24/h3-17,30H,2,18H2,1H3,(H,29,31). The zero-order valence-electron chi connectivity index (χ0n) is 18.2. The van der Waals surface area contributed by atoms with Crippen molar-refractivity contribution in [1.82, 2.24) is 5.43 Å². The van der Waals surface area contributed by atoms with Gasteiger partial charge < -0.3 is 14.6 Å². The number of hydrogen-bond donors (Lipinski definition) is 2. The fourth-order valence-electron chi connectivity index (χ4n) is 3.29. The Balaban J connectivity index is 1.32. The number of phenols is 1. The molecule has 0 aliphatic heterocycles. The first-order valence-electron chi connectivity index (χ1n) is 10.6. The molecule has 0 aromatic heterocycles. The van der Waals surface area contributed by atoms with Crippen LogP contribution in [0.15, 0.2) is 90.0 Å². The van der Waals surface area contributed by atoms with Crippen LogP contribution in [0.2, 0.25) is 0 Å². The zero-order valence-corrected chi connectivity index (χ0v) is 18.2. The van der Waals surface area contributed by atoms with Crippen molar-refractivity contribution in [2.75, 3.05) is 6.61 Å². The Morgan fingerprint density at radius 3 is 2.52 bits per heavy atom. The van der Waals surface area contributed by atoms with Crippen LogP contribution in [0.5, 0.6) is 17.2 Å². The zero-order chi connectivity index (χ0) is 23.0. The molecule has 1 amide bonds. The highest BCUT2D eigenvalue weighted by Gasteiger charge is 2.06. The molecule has 0 bridgehead atoms. The molecule has 0 aliphatic carbocycles. The van der Waals surface area contributed by atoms with E-state index in [1.807, 2.05) is 49.4 Å². The van der Waals surface area contributed by atoms with E-state index in [0.717, 1.165) is 16.7 Å². The van der Waals surface area contributed by atoms with Crippen molar-refractivity contribution in [3.05, 3.63) is 102 Å². The average molecular weight is 440 g/mol. The van der Waals surface area contributed by atoms with Gasteiger partial charge in [-0.25, -0.2) is 5.43 Å². The molecule has 0 saturated heterocycles. The number of rotatable bonds is 8. The summed E-state index contributed by atoms with van der Waals surface area (Å²) >= 11 is 0. The lowest BCUT2D eigenvalue weighted by atomic mass is 10.1. The first kappa shape index (κ1) is 21.9. The predicted octanol–water partition coefficient (Wildman–Crippen LogP) is 5.29. The van der Waals surface area contributed by atoms with E-state index < -0.39 is 0 Å². The number of amides is 1. The molecule has 0 aliphatic rings. The van der Waals surface area contributed by atoms with Gasteiger partial charge in [0.1, 0.15) is 12.4 Å². The maximum absolute atomic E-state index is 12.4. The number of aromatic hydroxyl groups is 1. The van der Waals surface area contributed by atoms with Gasteiger partial charge in [-0.2, -0.15) is 5.10 Å². The molecule has 0 radical (unpaired) electrons. The number of ether oxygens (including phenoxy) is 2. The van der Waals surface area contributed by atoms with Crippen molar-refractivity contribution in [2.45, 2.75) is 13.5 Å². The number of phenolic OH excluding ortho intramolecular Hbond substituents is 1. The number of nitrogens with zero attached hydrogens (tertiary/aromatic N) is 1. The summed E-state index contributed by atoms with van der Waals surface area (Å²) in [4.78, 5) is 12.4. The van der Waals surface area contributed by atoms with Gasteiger partial charge in [0, 0.05) is 5.56 Å². The van der Waals surface area contributed by atoms with E-state index in [1.54, 1.807) is 24.3 Å². The van der Waals surface area contributed by atoms with Gasteiger partial charge in [-0.3, -0.25) is 4.79 Å². The van der Waals surface area contributed by atoms with Gasteiger partial charge in [0.15, 0.2) is 11.5 Å². The third-order valence-electron chi connectivity index (χ3n) is 5.01. The average Bonchev–Trinajstić information content (AvgIpc) is 2.85. The Bertz CT molecular complexity index is 1280. The lowest BCUT2D eigenvalue weighted by Crippen LogP contribution is -2.17. The van der Waals surface area contributed by atoms with Crippen molar-refractivity contribution in [1.29, 1.82) is 0 Å². The highest BCUT2D eigenvalue weighted by Crippen LogP contribution is 2.26. The molecule has 4 aromatic carbocycles. The number of benzene rings is 4. The van der Waals surface area contributed by atoms with Gasteiger partial charge in [-0.15, -0.1) is 0 Å². The molecule has 0 spiro atoms. The molecular weight excluding hydrogens is 416 g/mol. The number of carbonyl (C=O) groups is 1. The van der Waals surface area contributed by atoms with Gasteiger partial charge in [0.05, 0.1) is 12.8 Å². The molecule has 0 atom stereocenters. The Kier molecular flexibility index (Phi) is 6.85. The maximum atomic E-state index is 12.4. The van der Waals surface area contributed by atoms with Crippen LogP contribution < -0.4 is 14.9 Å². The van der Waals surface area contributed by atoms with Crippen LogP contribution in [-0.2, 0) is 6.61 Å². The summed E-state index contributed by atoms with van der Waals surface area (Å²) in [6.07, 6.45) is 1.49. The molecule has 6 nitrogen and oxygen atoms in total. The quantitative estimate of drug-likeness (QED) is 0.288. The SMILES string of the molecule is CCOc1cc(C=NNC(=O)c2ccc(COc3ccc4ccccc4c3)cc2)ccc1O. The molecule has 2 N–H and O–H groups in total. The summed E-state index contributed by atoms with van der Waals surface area (Å²) in [5, 5.41) is 16.0. The highest BCUT2D eigenvalue weighted by molar-refractivity contribution is 5.95. The van der Waals surface area contributed by atoms with E-state index in [1.165, 1.54) is 17.7 Å². The van der Waals surface area contributed by atoms with E-state index in [-0.39, 0.29) is 11.7 Å². The summed E-state index contributed by atoms with van der Waals surface area (Å²) in [7, 11) is 0. The lowest BCUT2D eigenvalue weighted by Gasteiger charge is -2.08. The smallest absolute Gasteiger partial charge is 0.271 e. The Morgan fingerprint density at radius 1 is 0.939 bits per heavy atom. The summed E-state index contributed by atoms with van der Waals surface area (Å²) in [6, 6.07) is 26.2. The highest BCUT2D eigenvalue weighted by atomic mass is 16.5. The molecule has 6 heteroatoms. The summed E-state index contributed by atoms with van der Waals surface area (Å²) in [6.45, 7) is 2.68. The molecule has 0 heterocycles. The van der Waals surface area contributed by atoms with Crippen molar-refractivity contribution in [3.8, 4) is 17.2 Å². The second-order valence-corrected chi connectivity index (χ2v) is 7.35. The van der Waals surface area contributed by atoms with Gasteiger partial charge >= 0.3 is 0 Å². The van der Waals surface area contributed by atoms with E-state index >= 15 is 0 Å². The third-order valence-corrected chi connectivity index (χ3v) is 5.01. The van der Waals surface area contributed by atoms with Crippen molar-refractivity contribution >= 4 is 22.9 Å². The normalized spacial score (nSPS) is 10.9. The molecule has 0 unspecified atom stereocenters. The van der Waals surface area contributed by atoms with Crippen molar-refractivity contribution in [3.63, 3.8) is 0 Å². The Morgan fingerprint density at radius 2 is 1.73 bits per heavy atom. The summed E-state index contributed by atoms with van der Waals surface area (Å²) in [5.74, 6) is 0.903. The minimum Gasteiger partial charge on any atom is -0.504 e. The second-order valence-electron chi connectivity index (χ2n) is 7.35. The van der Waals surface area contributed by atoms with Gasteiger partial charge in [-0.05, 0) is 71.3 Å². The molecule has 166 valence electrons. The molecule has 0 fully saturated rings. The molecule has 33 heavy (non-hydrogen) atoms. The van der Waals surface area contributed by atoms with Crippen LogP contribution in [0.4, 0.5) is 0 Å². The second kappa shape index (κ2) is 10.3. The van der Waals surface area contributed by atoms with E-state index in [9.17, 15) is 9.90 Å². The van der Waals surface area contributed by atoms with Crippen molar-refractivity contribution in [2.24, 2.45) is 5.10 Å². The Hall–Kier alpha value is -4.32. The predicted molar refractivity (Wildman–Crippen MR) is 129 cm³/mol. The largest absolute Gasteiger partial charge is 0.504 e. The van der Waals surface area contributed by atoms with E-state index in [0.29, 0.717) is 30.1 Å². The first-order chi connectivity index (χ1) is 16.1. The third kappa shape index (κ3) is 5.68. The fourth-order valence-corrected chi connectivity index (χ4v) is 3.29. The summed E-state index contributed by atoms with van der Waals surface area (Å²) in [5.41, 5.74) is 4.64. The van der Waals surface area contributed by atoms with Crippen LogP contribution in [0, 0.1) is 0 Å².